The van der Waals surface area contributed by atoms with Crippen LogP contribution in [0.2, 0.25) is 0 Å². The van der Waals surface area contributed by atoms with Crippen LogP contribution in [-0.2, 0) is 16.1 Å². The monoisotopic (exact) mass is 472 g/mol. The zero-order chi connectivity index (χ0) is 27.1. The highest BCUT2D eigenvalue weighted by Crippen LogP contribution is 2.28. The molecule has 4 nitrogen and oxygen atoms in total. The molecule has 0 aliphatic heterocycles. The average molecular weight is 473 g/mol. The van der Waals surface area contributed by atoms with Gasteiger partial charge in [0.1, 0.15) is 5.60 Å². The molecule has 0 aliphatic rings. The van der Waals surface area contributed by atoms with Crippen LogP contribution < -0.4 is 5.73 Å². The maximum absolute atomic E-state index is 12.5. The fourth-order valence-corrected chi connectivity index (χ4v) is 3.55. The van der Waals surface area contributed by atoms with E-state index in [-0.39, 0.29) is 0 Å². The zero-order valence-corrected chi connectivity index (χ0v) is 22.3. The number of hydrogen-bond donors (Lipinski definition) is 1. The van der Waals surface area contributed by atoms with Gasteiger partial charge in [-0.3, -0.25) is 0 Å². The number of benzene rings is 1. The Hall–Kier alpha value is -3.79. The molecule has 186 valence electrons. The minimum atomic E-state index is -0.579. The van der Waals surface area contributed by atoms with Gasteiger partial charge in [-0.05, 0) is 81.5 Å². The zero-order valence-electron chi connectivity index (χ0n) is 22.3. The second kappa shape index (κ2) is 12.1. The summed E-state index contributed by atoms with van der Waals surface area (Å²) in [6.45, 7) is 34.3. The van der Waals surface area contributed by atoms with Crippen molar-refractivity contribution >= 4 is 22.6 Å². The molecule has 0 radical (unpaired) electrons. The van der Waals surface area contributed by atoms with E-state index in [1.807, 2.05) is 39.0 Å². The van der Waals surface area contributed by atoms with Gasteiger partial charge in [-0.15, -0.1) is 13.2 Å². The Balaban J connectivity index is 0.00000298. The maximum Gasteiger partial charge on any atom is 0.338 e. The second-order valence-electron chi connectivity index (χ2n) is 9.25. The molecule has 0 atom stereocenters. The molecule has 2 aromatic rings. The molecule has 0 bridgehead atoms. The molecule has 2 rings (SSSR count). The van der Waals surface area contributed by atoms with E-state index in [0.717, 1.165) is 22.0 Å². The average Bonchev–Trinajstić information content (AvgIpc) is 3.02. The van der Waals surface area contributed by atoms with E-state index in [1.54, 1.807) is 13.0 Å². The van der Waals surface area contributed by atoms with Gasteiger partial charge < -0.3 is 15.0 Å². The number of carbonyl (C=O) groups excluding carboxylic acids is 1. The molecule has 0 fully saturated rings. The van der Waals surface area contributed by atoms with Crippen molar-refractivity contribution in [2.24, 2.45) is 5.73 Å². The van der Waals surface area contributed by atoms with Gasteiger partial charge in [0.2, 0.25) is 0 Å². The van der Waals surface area contributed by atoms with Gasteiger partial charge in [-0.1, -0.05) is 50.6 Å². The van der Waals surface area contributed by atoms with Crippen LogP contribution in [-0.4, -0.2) is 16.1 Å². The number of nitrogens with two attached hydrogens (primary N) is 1. The van der Waals surface area contributed by atoms with E-state index in [1.165, 1.54) is 11.3 Å². The lowest BCUT2D eigenvalue weighted by atomic mass is 9.99. The third-order valence-corrected chi connectivity index (χ3v) is 5.51. The van der Waals surface area contributed by atoms with Gasteiger partial charge in [-0.25, -0.2) is 4.79 Å². The van der Waals surface area contributed by atoms with Gasteiger partial charge >= 0.3 is 5.97 Å². The van der Waals surface area contributed by atoms with Crippen molar-refractivity contribution < 1.29 is 9.53 Å². The summed E-state index contributed by atoms with van der Waals surface area (Å²) < 4.78 is 7.71. The third-order valence-electron chi connectivity index (χ3n) is 5.51. The number of fused-ring (bicyclic) bond motifs is 1. The summed E-state index contributed by atoms with van der Waals surface area (Å²) in [6, 6.07) is 6.13. The second-order valence-corrected chi connectivity index (χ2v) is 9.25. The number of carbonyl (C=O) groups is 1. The van der Waals surface area contributed by atoms with E-state index in [4.69, 9.17) is 10.5 Å². The Labute approximate surface area is 211 Å². The predicted octanol–water partition coefficient (Wildman–Crippen LogP) is 7.50. The minimum absolute atomic E-state index is 0.408. The number of allylic oxidation sites excluding steroid dienone is 5. The van der Waals surface area contributed by atoms with E-state index in [0.29, 0.717) is 29.0 Å². The molecule has 0 saturated carbocycles. The first-order valence-corrected chi connectivity index (χ1v) is 11.4. The maximum atomic E-state index is 12.5. The molecule has 2 N–H and O–H groups in total. The highest BCUT2D eigenvalue weighted by Gasteiger charge is 2.21. The van der Waals surface area contributed by atoms with Crippen molar-refractivity contribution in [3.63, 3.8) is 0 Å². The van der Waals surface area contributed by atoms with Crippen molar-refractivity contribution in [1.82, 2.24) is 4.57 Å². The highest BCUT2D eigenvalue weighted by molar-refractivity contribution is 5.95. The SMILES string of the molecule is C=C.C=C(/C=C\C(=C)C(=C)/C(=C\C)C(=O)OC(C)(C)C)Cn1c(C)c(C)c2cc(C(=C)N)ccc21. The molecular formula is C31H40N2O2. The van der Waals surface area contributed by atoms with Crippen LogP contribution in [0.1, 0.15) is 44.5 Å². The van der Waals surface area contributed by atoms with Gasteiger partial charge in [0, 0.05) is 28.8 Å². The van der Waals surface area contributed by atoms with E-state index in [9.17, 15) is 4.79 Å². The minimum Gasteiger partial charge on any atom is -0.456 e. The molecule has 0 spiro atoms. The van der Waals surface area contributed by atoms with E-state index >= 15 is 0 Å². The van der Waals surface area contributed by atoms with Crippen molar-refractivity contribution in [1.29, 1.82) is 0 Å². The molecule has 1 aromatic heterocycles. The standard InChI is InChI=1S/C29H36N2O2.C2H4/c1-11-25(28(32)33-29(8,9)10)20(4)19(3)13-12-18(2)17-31-23(7)21(5)26-16-24(22(6)30)14-15-27(26)31;1-2/h11-16H,2-4,6,17,30H2,1,5,7-10H3;1-2H2/b13-12-,25-11+;. The Bertz CT molecular complexity index is 1230. The number of aryl methyl sites for hydroxylation is 1. The summed E-state index contributed by atoms with van der Waals surface area (Å²) in [7, 11) is 0. The number of hydrogen-bond acceptors (Lipinski definition) is 3. The summed E-state index contributed by atoms with van der Waals surface area (Å²) in [4.78, 5) is 12.5. The lowest BCUT2D eigenvalue weighted by Crippen LogP contribution is -2.25. The number of aromatic nitrogens is 1. The summed E-state index contributed by atoms with van der Waals surface area (Å²) in [6.07, 6.45) is 5.45. The van der Waals surface area contributed by atoms with Crippen molar-refractivity contribution in [3.05, 3.63) is 115 Å². The summed E-state index contributed by atoms with van der Waals surface area (Å²) in [5, 5.41) is 1.15. The number of ether oxygens (including phenoxy) is 1. The smallest absolute Gasteiger partial charge is 0.338 e. The fraction of sp³-hybridized carbons (Fsp3) is 0.258. The third kappa shape index (κ3) is 7.35. The number of rotatable bonds is 8. The molecule has 1 heterocycles. The summed E-state index contributed by atoms with van der Waals surface area (Å²) in [5.74, 6) is -0.409. The van der Waals surface area contributed by atoms with Crippen LogP contribution in [0.5, 0.6) is 0 Å². The van der Waals surface area contributed by atoms with E-state index in [2.05, 4.69) is 70.0 Å². The van der Waals surface area contributed by atoms with Crippen LogP contribution in [0.4, 0.5) is 0 Å². The molecule has 0 amide bonds. The number of nitrogens with zero attached hydrogens (tertiary/aromatic N) is 1. The fourth-order valence-electron chi connectivity index (χ4n) is 3.55. The van der Waals surface area contributed by atoms with E-state index < -0.39 is 11.6 Å². The summed E-state index contributed by atoms with van der Waals surface area (Å²) in [5.41, 5.74) is 12.8. The summed E-state index contributed by atoms with van der Waals surface area (Å²) >= 11 is 0. The van der Waals surface area contributed by atoms with Gasteiger partial charge in [-0.2, -0.15) is 0 Å². The first-order chi connectivity index (χ1) is 16.3. The van der Waals surface area contributed by atoms with Crippen LogP contribution in [0, 0.1) is 13.8 Å². The van der Waals surface area contributed by atoms with Gasteiger partial charge in [0.15, 0.2) is 0 Å². The Morgan fingerprint density at radius 1 is 1.09 bits per heavy atom. The molecule has 1 aromatic carbocycles. The molecule has 0 saturated heterocycles. The molecule has 0 unspecified atom stereocenters. The van der Waals surface area contributed by atoms with Crippen molar-refractivity contribution in [3.8, 4) is 0 Å². The van der Waals surface area contributed by atoms with Crippen LogP contribution >= 0.6 is 0 Å². The van der Waals surface area contributed by atoms with Gasteiger partial charge in [0.25, 0.3) is 0 Å². The quantitative estimate of drug-likeness (QED) is 0.187. The number of esters is 1. The molecule has 4 heteroatoms. The topological polar surface area (TPSA) is 57.2 Å². The Morgan fingerprint density at radius 2 is 1.69 bits per heavy atom. The molecule has 35 heavy (non-hydrogen) atoms. The molecular weight excluding hydrogens is 432 g/mol. The van der Waals surface area contributed by atoms with Crippen molar-refractivity contribution in [2.75, 3.05) is 0 Å². The Morgan fingerprint density at radius 3 is 2.20 bits per heavy atom. The molecule has 0 aliphatic carbocycles. The normalized spacial score (nSPS) is 11.7. The van der Waals surface area contributed by atoms with Gasteiger partial charge in [0.05, 0.1) is 5.57 Å². The van der Waals surface area contributed by atoms with Crippen molar-refractivity contribution in [2.45, 2.75) is 53.7 Å². The lowest BCUT2D eigenvalue weighted by Gasteiger charge is -2.21. The van der Waals surface area contributed by atoms with Crippen LogP contribution in [0.15, 0.2) is 98.2 Å². The highest BCUT2D eigenvalue weighted by atomic mass is 16.6. The first-order valence-electron chi connectivity index (χ1n) is 11.4. The van der Waals surface area contributed by atoms with Crippen LogP contribution in [0.25, 0.3) is 16.6 Å². The first kappa shape index (κ1) is 29.2. The lowest BCUT2D eigenvalue weighted by molar-refractivity contribution is -0.149. The largest absolute Gasteiger partial charge is 0.456 e. The predicted molar refractivity (Wildman–Crippen MR) is 152 cm³/mol. The Kier molecular flexibility index (Phi) is 10.1. The van der Waals surface area contributed by atoms with Crippen LogP contribution in [0.3, 0.4) is 0 Å².